The van der Waals surface area contributed by atoms with Gasteiger partial charge in [-0.3, -0.25) is 9.89 Å². The first kappa shape index (κ1) is 17.3. The molecular formula is C16H22N6O3. The van der Waals surface area contributed by atoms with Crippen molar-refractivity contribution in [2.24, 2.45) is 0 Å². The molecule has 0 saturated carbocycles. The van der Waals surface area contributed by atoms with Gasteiger partial charge in [0.05, 0.1) is 25.5 Å². The number of aromatic amines is 1. The molecule has 0 aliphatic carbocycles. The summed E-state index contributed by atoms with van der Waals surface area (Å²) in [6.45, 7) is 4.51. The minimum atomic E-state index is -0.287. The van der Waals surface area contributed by atoms with E-state index in [9.17, 15) is 4.79 Å². The Hall–Kier alpha value is -2.52. The molecule has 9 heteroatoms. The normalized spacial score (nSPS) is 17.5. The Morgan fingerprint density at radius 2 is 2.40 bits per heavy atom. The van der Waals surface area contributed by atoms with Crippen LogP contribution >= 0.6 is 0 Å². The number of aryl methyl sites for hydroxylation is 1. The number of aromatic nitrogens is 4. The maximum absolute atomic E-state index is 12.5. The molecule has 1 amide bonds. The van der Waals surface area contributed by atoms with E-state index in [4.69, 9.17) is 9.47 Å². The van der Waals surface area contributed by atoms with E-state index in [1.807, 2.05) is 13.0 Å². The van der Waals surface area contributed by atoms with Gasteiger partial charge in [-0.1, -0.05) is 0 Å². The summed E-state index contributed by atoms with van der Waals surface area (Å²) in [4.78, 5) is 23.1. The highest BCUT2D eigenvalue weighted by atomic mass is 16.5. The molecule has 2 aromatic heterocycles. The van der Waals surface area contributed by atoms with Crippen molar-refractivity contribution in [2.75, 3.05) is 45.3 Å². The van der Waals surface area contributed by atoms with E-state index < -0.39 is 0 Å². The molecule has 134 valence electrons. The molecule has 1 aliphatic rings. The summed E-state index contributed by atoms with van der Waals surface area (Å²) in [5.41, 5.74) is 1.23. The second kappa shape index (κ2) is 8.04. The van der Waals surface area contributed by atoms with Gasteiger partial charge in [-0.05, 0) is 13.0 Å². The first-order valence-corrected chi connectivity index (χ1v) is 8.16. The van der Waals surface area contributed by atoms with Crippen LogP contribution in [0, 0.1) is 6.92 Å². The molecule has 2 aromatic rings. The fourth-order valence-corrected chi connectivity index (χ4v) is 2.69. The molecule has 1 atom stereocenters. The number of morpholine rings is 1. The van der Waals surface area contributed by atoms with Gasteiger partial charge >= 0.3 is 0 Å². The standard InChI is InChI=1S/C16H22N6O3/c1-11-19-13(9-15(20-11)17-5-7-24-2)14-10-22(6-8-25-14)16(23)12-3-4-18-21-12/h3-4,9,14H,5-8,10H2,1-2H3,(H,18,21)(H,17,19,20)/t14-/m0/s1. The highest BCUT2D eigenvalue weighted by Crippen LogP contribution is 2.23. The van der Waals surface area contributed by atoms with Crippen LogP contribution in [0.1, 0.15) is 28.1 Å². The average Bonchev–Trinajstić information content (AvgIpc) is 3.16. The number of ether oxygens (including phenoxy) is 2. The Bertz CT molecular complexity index is 706. The van der Waals surface area contributed by atoms with Gasteiger partial charge in [-0.25, -0.2) is 9.97 Å². The first-order chi connectivity index (χ1) is 12.2. The fourth-order valence-electron chi connectivity index (χ4n) is 2.69. The second-order valence-electron chi connectivity index (χ2n) is 5.73. The van der Waals surface area contributed by atoms with E-state index >= 15 is 0 Å². The minimum absolute atomic E-state index is 0.0879. The zero-order valence-corrected chi connectivity index (χ0v) is 14.4. The molecule has 2 N–H and O–H groups in total. The lowest BCUT2D eigenvalue weighted by atomic mass is 10.2. The molecule has 1 aliphatic heterocycles. The number of nitrogens with zero attached hydrogens (tertiary/aromatic N) is 4. The second-order valence-corrected chi connectivity index (χ2v) is 5.73. The van der Waals surface area contributed by atoms with Gasteiger partial charge in [0.2, 0.25) is 0 Å². The summed E-state index contributed by atoms with van der Waals surface area (Å²) in [6, 6.07) is 3.52. The highest BCUT2D eigenvalue weighted by molar-refractivity contribution is 5.92. The van der Waals surface area contributed by atoms with Crippen LogP contribution in [-0.2, 0) is 9.47 Å². The topological polar surface area (TPSA) is 105 Å². The molecule has 3 heterocycles. The largest absolute Gasteiger partial charge is 0.383 e. The number of nitrogens with one attached hydrogen (secondary N) is 2. The Kier molecular flexibility index (Phi) is 5.56. The lowest BCUT2D eigenvalue weighted by Gasteiger charge is -2.32. The Labute approximate surface area is 145 Å². The smallest absolute Gasteiger partial charge is 0.272 e. The van der Waals surface area contributed by atoms with E-state index in [-0.39, 0.29) is 12.0 Å². The molecule has 25 heavy (non-hydrogen) atoms. The predicted octanol–water partition coefficient (Wildman–Crippen LogP) is 0.780. The van der Waals surface area contributed by atoms with E-state index in [1.54, 1.807) is 24.3 Å². The molecule has 0 radical (unpaired) electrons. The highest BCUT2D eigenvalue weighted by Gasteiger charge is 2.28. The number of carbonyl (C=O) groups is 1. The number of methoxy groups -OCH3 is 1. The van der Waals surface area contributed by atoms with Gasteiger partial charge in [0.15, 0.2) is 0 Å². The number of hydrogen-bond acceptors (Lipinski definition) is 7. The van der Waals surface area contributed by atoms with E-state index in [0.29, 0.717) is 44.4 Å². The molecule has 0 unspecified atom stereocenters. The fraction of sp³-hybridized carbons (Fsp3) is 0.500. The van der Waals surface area contributed by atoms with Crippen LogP contribution in [0.4, 0.5) is 5.82 Å². The van der Waals surface area contributed by atoms with Crippen LogP contribution in [0.15, 0.2) is 18.3 Å². The number of amides is 1. The van der Waals surface area contributed by atoms with Gasteiger partial charge in [0.1, 0.15) is 23.4 Å². The van der Waals surface area contributed by atoms with Crippen LogP contribution in [0.5, 0.6) is 0 Å². The van der Waals surface area contributed by atoms with Crippen molar-refractivity contribution in [2.45, 2.75) is 13.0 Å². The Morgan fingerprint density at radius 1 is 1.52 bits per heavy atom. The molecule has 3 rings (SSSR count). The number of H-pyrrole nitrogens is 1. The quantitative estimate of drug-likeness (QED) is 0.745. The summed E-state index contributed by atoms with van der Waals surface area (Å²) in [5, 5.41) is 9.73. The molecule has 1 saturated heterocycles. The van der Waals surface area contributed by atoms with Gasteiger partial charge in [0.25, 0.3) is 5.91 Å². The van der Waals surface area contributed by atoms with E-state index in [2.05, 4.69) is 25.5 Å². The van der Waals surface area contributed by atoms with Crippen LogP contribution in [-0.4, -0.2) is 70.9 Å². The van der Waals surface area contributed by atoms with E-state index in [1.165, 1.54) is 0 Å². The van der Waals surface area contributed by atoms with Gasteiger partial charge < -0.3 is 19.7 Å². The summed E-state index contributed by atoms with van der Waals surface area (Å²) < 4.78 is 10.9. The first-order valence-electron chi connectivity index (χ1n) is 8.16. The van der Waals surface area contributed by atoms with Crippen LogP contribution < -0.4 is 5.32 Å². The SMILES string of the molecule is COCCNc1cc([C@@H]2CN(C(=O)c3ccn[nH]3)CCO2)nc(C)n1. The van der Waals surface area contributed by atoms with Crippen molar-refractivity contribution in [1.82, 2.24) is 25.1 Å². The predicted molar refractivity (Wildman–Crippen MR) is 90.3 cm³/mol. The zero-order chi connectivity index (χ0) is 17.6. The van der Waals surface area contributed by atoms with Crippen molar-refractivity contribution in [3.63, 3.8) is 0 Å². The number of anilines is 1. The molecular weight excluding hydrogens is 324 g/mol. The van der Waals surface area contributed by atoms with Crippen molar-refractivity contribution in [3.8, 4) is 0 Å². The van der Waals surface area contributed by atoms with Crippen LogP contribution in [0.3, 0.4) is 0 Å². The third kappa shape index (κ3) is 4.31. The Morgan fingerprint density at radius 3 is 3.16 bits per heavy atom. The summed E-state index contributed by atoms with van der Waals surface area (Å²) >= 11 is 0. The van der Waals surface area contributed by atoms with E-state index in [0.717, 1.165) is 11.5 Å². The Balaban J connectivity index is 1.71. The van der Waals surface area contributed by atoms with Gasteiger partial charge in [-0.15, -0.1) is 0 Å². The molecule has 0 bridgehead atoms. The lowest BCUT2D eigenvalue weighted by Crippen LogP contribution is -2.42. The third-order valence-corrected chi connectivity index (χ3v) is 3.88. The monoisotopic (exact) mass is 346 g/mol. The van der Waals surface area contributed by atoms with Crippen molar-refractivity contribution < 1.29 is 14.3 Å². The average molecular weight is 346 g/mol. The lowest BCUT2D eigenvalue weighted by molar-refractivity contribution is -0.0250. The van der Waals surface area contributed by atoms with Crippen molar-refractivity contribution >= 4 is 11.7 Å². The van der Waals surface area contributed by atoms with Crippen molar-refractivity contribution in [3.05, 3.63) is 35.5 Å². The molecule has 9 nitrogen and oxygen atoms in total. The molecule has 0 aromatic carbocycles. The molecule has 0 spiro atoms. The zero-order valence-electron chi connectivity index (χ0n) is 14.4. The van der Waals surface area contributed by atoms with Gasteiger partial charge in [0, 0.05) is 32.5 Å². The number of carbonyl (C=O) groups excluding carboxylic acids is 1. The molecule has 1 fully saturated rings. The summed E-state index contributed by atoms with van der Waals surface area (Å²) in [5.74, 6) is 1.29. The van der Waals surface area contributed by atoms with Gasteiger partial charge in [-0.2, -0.15) is 5.10 Å². The van der Waals surface area contributed by atoms with Crippen LogP contribution in [0.25, 0.3) is 0 Å². The third-order valence-electron chi connectivity index (χ3n) is 3.88. The summed E-state index contributed by atoms with van der Waals surface area (Å²) in [7, 11) is 1.65. The summed E-state index contributed by atoms with van der Waals surface area (Å²) in [6.07, 6.45) is 1.28. The van der Waals surface area contributed by atoms with Crippen LogP contribution in [0.2, 0.25) is 0 Å². The number of hydrogen-bond donors (Lipinski definition) is 2. The number of rotatable bonds is 6. The maximum atomic E-state index is 12.5. The van der Waals surface area contributed by atoms with Crippen molar-refractivity contribution in [1.29, 1.82) is 0 Å². The minimum Gasteiger partial charge on any atom is -0.383 e. The maximum Gasteiger partial charge on any atom is 0.272 e.